The Bertz CT molecular complexity index is 1140. The molecule has 1 aromatic heterocycles. The van der Waals surface area contributed by atoms with Crippen LogP contribution < -0.4 is 0 Å². The molecule has 0 N–H and O–H groups in total. The van der Waals surface area contributed by atoms with Crippen LogP contribution in [0.25, 0.3) is 11.4 Å². The summed E-state index contributed by atoms with van der Waals surface area (Å²) < 4.78 is 32.4. The van der Waals surface area contributed by atoms with Gasteiger partial charge in [-0.25, -0.2) is 12.7 Å². The largest absolute Gasteiger partial charge is 0.339 e. The first kappa shape index (κ1) is 20.2. The van der Waals surface area contributed by atoms with Gasteiger partial charge in [0.2, 0.25) is 21.7 Å². The fourth-order valence-corrected chi connectivity index (χ4v) is 5.10. The third-order valence-electron chi connectivity index (χ3n) is 5.14. The molecule has 2 aromatic carbocycles. The average Bonchev–Trinajstić information content (AvgIpc) is 3.25. The van der Waals surface area contributed by atoms with E-state index in [1.807, 2.05) is 30.3 Å². The van der Waals surface area contributed by atoms with Crippen molar-refractivity contribution >= 4 is 15.7 Å². The number of nitro benzene ring substituents is 1. The molecule has 0 atom stereocenters. The van der Waals surface area contributed by atoms with Gasteiger partial charge >= 0.3 is 0 Å². The zero-order valence-corrected chi connectivity index (χ0v) is 16.9. The number of nitro groups is 1. The molecule has 0 amide bonds. The van der Waals surface area contributed by atoms with Crippen molar-refractivity contribution in [3.63, 3.8) is 0 Å². The summed E-state index contributed by atoms with van der Waals surface area (Å²) in [6.45, 7) is 0.677. The minimum Gasteiger partial charge on any atom is -0.339 e. The third kappa shape index (κ3) is 4.39. The van der Waals surface area contributed by atoms with Gasteiger partial charge in [-0.15, -0.1) is 0 Å². The van der Waals surface area contributed by atoms with Gasteiger partial charge in [-0.2, -0.15) is 4.98 Å². The Kier molecular flexibility index (Phi) is 5.60. The number of rotatable bonds is 6. The number of sulfonamides is 1. The molecule has 9 nitrogen and oxygen atoms in total. The Hall–Kier alpha value is -3.11. The van der Waals surface area contributed by atoms with E-state index in [1.54, 1.807) is 6.07 Å². The standard InChI is InChI=1S/C20H20N4O5S/c25-24(26)18-8-4-5-15(13-18)14-30(27,28)23-11-9-17(10-12-23)20-21-19(22-29-20)16-6-2-1-3-7-16/h1-8,13,17H,9-12,14H2. The lowest BCUT2D eigenvalue weighted by molar-refractivity contribution is -0.384. The molecule has 10 heteroatoms. The molecule has 0 unspecified atom stereocenters. The van der Waals surface area contributed by atoms with Gasteiger partial charge in [0, 0.05) is 36.7 Å². The van der Waals surface area contributed by atoms with Gasteiger partial charge < -0.3 is 4.52 Å². The van der Waals surface area contributed by atoms with E-state index in [9.17, 15) is 18.5 Å². The summed E-state index contributed by atoms with van der Waals surface area (Å²) in [7, 11) is -3.58. The lowest BCUT2D eigenvalue weighted by atomic mass is 9.98. The quantitative estimate of drug-likeness (QED) is 0.436. The van der Waals surface area contributed by atoms with Crippen LogP contribution >= 0.6 is 0 Å². The van der Waals surface area contributed by atoms with Crippen molar-refractivity contribution in [3.8, 4) is 11.4 Å². The molecule has 4 rings (SSSR count). The van der Waals surface area contributed by atoms with Gasteiger partial charge in [0.25, 0.3) is 5.69 Å². The van der Waals surface area contributed by atoms with Gasteiger partial charge in [-0.1, -0.05) is 47.6 Å². The first-order valence-electron chi connectivity index (χ1n) is 9.52. The van der Waals surface area contributed by atoms with Crippen LogP contribution in [-0.4, -0.2) is 40.9 Å². The van der Waals surface area contributed by atoms with E-state index in [0.717, 1.165) is 5.56 Å². The predicted molar refractivity (Wildman–Crippen MR) is 109 cm³/mol. The zero-order chi connectivity index (χ0) is 21.1. The van der Waals surface area contributed by atoms with Crippen LogP contribution in [0.1, 0.15) is 30.2 Å². The number of benzene rings is 2. The molecule has 0 spiro atoms. The molecule has 156 valence electrons. The molecule has 0 radical (unpaired) electrons. The van der Waals surface area contributed by atoms with Crippen LogP contribution in [0.15, 0.2) is 59.1 Å². The average molecular weight is 428 g/mol. The first-order chi connectivity index (χ1) is 14.4. The molecule has 30 heavy (non-hydrogen) atoms. The van der Waals surface area contributed by atoms with Crippen LogP contribution in [0, 0.1) is 10.1 Å². The monoisotopic (exact) mass is 428 g/mol. The van der Waals surface area contributed by atoms with Gasteiger partial charge in [0.15, 0.2) is 0 Å². The van der Waals surface area contributed by atoms with Crippen molar-refractivity contribution in [2.75, 3.05) is 13.1 Å². The van der Waals surface area contributed by atoms with Crippen molar-refractivity contribution in [2.45, 2.75) is 24.5 Å². The van der Waals surface area contributed by atoms with Crippen molar-refractivity contribution in [3.05, 3.63) is 76.2 Å². The second kappa shape index (κ2) is 8.33. The Morgan fingerprint density at radius 3 is 2.53 bits per heavy atom. The molecule has 1 aliphatic rings. The van der Waals surface area contributed by atoms with Gasteiger partial charge in [0.05, 0.1) is 10.7 Å². The zero-order valence-electron chi connectivity index (χ0n) is 16.0. The van der Waals surface area contributed by atoms with Crippen molar-refractivity contribution in [1.29, 1.82) is 0 Å². The fraction of sp³-hybridized carbons (Fsp3) is 0.300. The lowest BCUT2D eigenvalue weighted by Gasteiger charge is -2.29. The molecular formula is C20H20N4O5S. The summed E-state index contributed by atoms with van der Waals surface area (Å²) >= 11 is 0. The third-order valence-corrected chi connectivity index (χ3v) is 6.99. The maximum absolute atomic E-state index is 12.8. The Morgan fingerprint density at radius 2 is 1.83 bits per heavy atom. The maximum Gasteiger partial charge on any atom is 0.269 e. The van der Waals surface area contributed by atoms with E-state index in [-0.39, 0.29) is 17.4 Å². The van der Waals surface area contributed by atoms with Crippen LogP contribution in [-0.2, 0) is 15.8 Å². The van der Waals surface area contributed by atoms with E-state index in [0.29, 0.717) is 43.2 Å². The summed E-state index contributed by atoms with van der Waals surface area (Å²) in [5, 5.41) is 14.9. The minimum absolute atomic E-state index is 0.000718. The molecule has 0 bridgehead atoms. The number of hydrogen-bond acceptors (Lipinski definition) is 7. The molecule has 1 fully saturated rings. The highest BCUT2D eigenvalue weighted by atomic mass is 32.2. The van der Waals surface area contributed by atoms with E-state index < -0.39 is 14.9 Å². The number of aromatic nitrogens is 2. The molecule has 0 aliphatic carbocycles. The summed E-state index contributed by atoms with van der Waals surface area (Å²) in [5.41, 5.74) is 1.15. The maximum atomic E-state index is 12.8. The van der Waals surface area contributed by atoms with E-state index in [4.69, 9.17) is 4.52 Å². The van der Waals surface area contributed by atoms with Crippen molar-refractivity contribution < 1.29 is 17.9 Å². The summed E-state index contributed by atoms with van der Waals surface area (Å²) in [6.07, 6.45) is 1.15. The second-order valence-corrected chi connectivity index (χ2v) is 9.15. The van der Waals surface area contributed by atoms with Crippen LogP contribution in [0.2, 0.25) is 0 Å². The highest BCUT2D eigenvalue weighted by Crippen LogP contribution is 2.30. The van der Waals surface area contributed by atoms with Gasteiger partial charge in [0.1, 0.15) is 0 Å². The molecule has 1 saturated heterocycles. The smallest absolute Gasteiger partial charge is 0.269 e. The van der Waals surface area contributed by atoms with Gasteiger partial charge in [-0.3, -0.25) is 10.1 Å². The van der Waals surface area contributed by atoms with Crippen LogP contribution in [0.5, 0.6) is 0 Å². The first-order valence-corrected chi connectivity index (χ1v) is 11.1. The number of nitrogens with zero attached hydrogens (tertiary/aromatic N) is 4. The molecule has 2 heterocycles. The number of piperidine rings is 1. The molecule has 0 saturated carbocycles. The minimum atomic E-state index is -3.58. The highest BCUT2D eigenvalue weighted by Gasteiger charge is 2.31. The van der Waals surface area contributed by atoms with E-state index in [1.165, 1.54) is 22.5 Å². The van der Waals surface area contributed by atoms with Crippen LogP contribution in [0.4, 0.5) is 5.69 Å². The van der Waals surface area contributed by atoms with Crippen LogP contribution in [0.3, 0.4) is 0 Å². The summed E-state index contributed by atoms with van der Waals surface area (Å²) in [6, 6.07) is 15.2. The SMILES string of the molecule is O=[N+]([O-])c1cccc(CS(=O)(=O)N2CCC(c3nc(-c4ccccc4)no3)CC2)c1. The lowest BCUT2D eigenvalue weighted by Crippen LogP contribution is -2.38. The van der Waals surface area contributed by atoms with Crippen molar-refractivity contribution in [2.24, 2.45) is 0 Å². The molecular weight excluding hydrogens is 408 g/mol. The van der Waals surface area contributed by atoms with E-state index >= 15 is 0 Å². The fourth-order valence-electron chi connectivity index (χ4n) is 3.55. The summed E-state index contributed by atoms with van der Waals surface area (Å²) in [5.74, 6) is 0.771. The van der Waals surface area contributed by atoms with Gasteiger partial charge in [-0.05, 0) is 18.4 Å². The topological polar surface area (TPSA) is 119 Å². The normalized spacial score (nSPS) is 15.9. The Labute approximate surface area is 173 Å². The molecule has 1 aliphatic heterocycles. The summed E-state index contributed by atoms with van der Waals surface area (Å²) in [4.78, 5) is 14.9. The van der Waals surface area contributed by atoms with Crippen molar-refractivity contribution in [1.82, 2.24) is 14.4 Å². The Morgan fingerprint density at radius 1 is 1.10 bits per heavy atom. The Balaban J connectivity index is 1.40. The predicted octanol–water partition coefficient (Wildman–Crippen LogP) is 3.35. The number of non-ortho nitro benzene ring substituents is 1. The van der Waals surface area contributed by atoms with E-state index in [2.05, 4.69) is 10.1 Å². The molecule has 3 aromatic rings. The number of hydrogen-bond donors (Lipinski definition) is 0. The highest BCUT2D eigenvalue weighted by molar-refractivity contribution is 7.88. The second-order valence-electron chi connectivity index (χ2n) is 7.18.